The van der Waals surface area contributed by atoms with Crippen LogP contribution in [0.4, 0.5) is 0 Å². The highest BCUT2D eigenvalue weighted by Gasteiger charge is 2.22. The van der Waals surface area contributed by atoms with Crippen LogP contribution in [0.25, 0.3) is 9.88 Å². The van der Waals surface area contributed by atoms with Gasteiger partial charge in [0.25, 0.3) is 5.91 Å². The number of nitrogens with zero attached hydrogens (tertiary/aromatic N) is 2. The molecule has 4 heterocycles. The van der Waals surface area contributed by atoms with Crippen molar-refractivity contribution in [2.45, 2.75) is 26.3 Å². The number of aryl methyl sites for hydroxylation is 1. The van der Waals surface area contributed by atoms with Crippen molar-refractivity contribution in [3.8, 4) is 9.88 Å². The average molecular weight is 418 g/mol. The van der Waals surface area contributed by atoms with E-state index in [9.17, 15) is 4.79 Å². The number of nitrogens with one attached hydrogen (secondary N) is 1. The van der Waals surface area contributed by atoms with Gasteiger partial charge in [-0.3, -0.25) is 9.69 Å². The Morgan fingerprint density at radius 2 is 2.00 bits per heavy atom. The molecule has 7 heteroatoms. The number of carbonyl (C=O) groups excluding carboxylic acids is 1. The number of hydrogen-bond donors (Lipinski definition) is 1. The predicted octanol–water partition coefficient (Wildman–Crippen LogP) is 4.88. The minimum atomic E-state index is 0.0221. The van der Waals surface area contributed by atoms with E-state index in [1.165, 1.54) is 16.2 Å². The molecule has 0 unspecified atom stereocenters. The number of thiazole rings is 1. The maximum Gasteiger partial charge on any atom is 0.263 e. The summed E-state index contributed by atoms with van der Waals surface area (Å²) >= 11 is 4.98. The molecule has 27 heavy (non-hydrogen) atoms. The molecule has 4 nitrogen and oxygen atoms in total. The molecule has 1 N–H and O–H groups in total. The summed E-state index contributed by atoms with van der Waals surface area (Å²) in [5.74, 6) is 0.590. The Morgan fingerprint density at radius 3 is 2.70 bits per heavy atom. The van der Waals surface area contributed by atoms with Crippen LogP contribution in [0, 0.1) is 12.8 Å². The van der Waals surface area contributed by atoms with Gasteiger partial charge in [-0.2, -0.15) is 0 Å². The molecule has 3 aromatic heterocycles. The highest BCUT2D eigenvalue weighted by atomic mass is 32.1. The molecule has 142 valence electrons. The monoisotopic (exact) mass is 417 g/mol. The van der Waals surface area contributed by atoms with E-state index in [4.69, 9.17) is 0 Å². The Kier molecular flexibility index (Phi) is 6.02. The van der Waals surface area contributed by atoms with Gasteiger partial charge in [0.05, 0.1) is 10.6 Å². The molecule has 3 aromatic rings. The van der Waals surface area contributed by atoms with Crippen LogP contribution in [-0.4, -0.2) is 35.4 Å². The average Bonchev–Trinajstić information content (AvgIpc) is 3.42. The Balaban J connectivity index is 1.26. The lowest BCUT2D eigenvalue weighted by atomic mass is 9.96. The van der Waals surface area contributed by atoms with Gasteiger partial charge in [0, 0.05) is 18.0 Å². The molecule has 0 atom stereocenters. The smallest absolute Gasteiger partial charge is 0.263 e. The van der Waals surface area contributed by atoms with E-state index in [0.29, 0.717) is 5.92 Å². The number of carbonyl (C=O) groups is 1. The fourth-order valence-corrected chi connectivity index (χ4v) is 5.93. The zero-order chi connectivity index (χ0) is 18.6. The quantitative estimate of drug-likeness (QED) is 0.621. The molecule has 1 saturated heterocycles. The second-order valence-corrected chi connectivity index (χ2v) is 9.90. The molecule has 0 bridgehead atoms. The van der Waals surface area contributed by atoms with Crippen molar-refractivity contribution < 1.29 is 4.79 Å². The molecule has 0 aromatic carbocycles. The molecular weight excluding hydrogens is 394 g/mol. The molecule has 0 aliphatic carbocycles. The number of aromatic nitrogens is 1. The van der Waals surface area contributed by atoms with Crippen LogP contribution in [-0.2, 0) is 6.54 Å². The summed E-state index contributed by atoms with van der Waals surface area (Å²) < 4.78 is 0. The number of piperidine rings is 1. The number of likely N-dealkylation sites (tertiary alicyclic amines) is 1. The first-order valence-corrected chi connectivity index (χ1v) is 11.8. The van der Waals surface area contributed by atoms with Gasteiger partial charge in [0.1, 0.15) is 9.88 Å². The molecule has 1 aliphatic rings. The normalized spacial score (nSPS) is 15.9. The lowest BCUT2D eigenvalue weighted by Gasteiger charge is -2.31. The second-order valence-electron chi connectivity index (χ2n) is 6.92. The highest BCUT2D eigenvalue weighted by molar-refractivity contribution is 7.22. The van der Waals surface area contributed by atoms with Crippen LogP contribution < -0.4 is 5.32 Å². The lowest BCUT2D eigenvalue weighted by molar-refractivity contribution is 0.0938. The molecule has 0 spiro atoms. The Bertz CT molecular complexity index is 863. The Hall–Kier alpha value is -1.54. The number of thiophene rings is 2. The lowest BCUT2D eigenvalue weighted by Crippen LogP contribution is -2.38. The van der Waals surface area contributed by atoms with Crippen molar-refractivity contribution >= 4 is 39.9 Å². The summed E-state index contributed by atoms with van der Waals surface area (Å²) in [5.41, 5.74) is 0.826. The maximum atomic E-state index is 12.6. The van der Waals surface area contributed by atoms with Gasteiger partial charge in [-0.1, -0.05) is 12.1 Å². The zero-order valence-electron chi connectivity index (χ0n) is 15.3. The summed E-state index contributed by atoms with van der Waals surface area (Å²) in [4.78, 5) is 23.0. The molecule has 1 fully saturated rings. The zero-order valence-corrected chi connectivity index (χ0v) is 17.8. The Labute approximate surface area is 171 Å². The van der Waals surface area contributed by atoms with Crippen LogP contribution in [0.5, 0.6) is 0 Å². The first kappa shape index (κ1) is 18.8. The van der Waals surface area contributed by atoms with Gasteiger partial charge in [-0.15, -0.1) is 34.0 Å². The SMILES string of the molecule is Cc1nc(-c2cccs2)sc1C(=O)NCC1CCN(Cc2cccs2)CC1. The van der Waals surface area contributed by atoms with Crippen LogP contribution in [0.15, 0.2) is 35.0 Å². The fourth-order valence-electron chi connectivity index (χ4n) is 3.40. The molecule has 0 saturated carbocycles. The second kappa shape index (κ2) is 8.65. The molecule has 4 rings (SSSR count). The van der Waals surface area contributed by atoms with E-state index < -0.39 is 0 Å². The van der Waals surface area contributed by atoms with Gasteiger partial charge < -0.3 is 5.32 Å². The largest absolute Gasteiger partial charge is 0.351 e. The third-order valence-corrected chi connectivity index (χ3v) is 8.01. The van der Waals surface area contributed by atoms with Gasteiger partial charge in [-0.25, -0.2) is 4.98 Å². The summed E-state index contributed by atoms with van der Waals surface area (Å²) in [6.07, 6.45) is 2.29. The predicted molar refractivity (Wildman–Crippen MR) is 115 cm³/mol. The van der Waals surface area contributed by atoms with E-state index in [0.717, 1.165) is 59.5 Å². The topological polar surface area (TPSA) is 45.2 Å². The number of amides is 1. The molecular formula is C20H23N3OS3. The Morgan fingerprint density at radius 1 is 1.22 bits per heavy atom. The van der Waals surface area contributed by atoms with Crippen molar-refractivity contribution in [3.05, 3.63) is 50.5 Å². The van der Waals surface area contributed by atoms with Gasteiger partial charge in [0.15, 0.2) is 0 Å². The third-order valence-electron chi connectivity index (χ3n) is 4.95. The standard InChI is InChI=1S/C20H23N3OS3/c1-14-18(27-20(22-14)17-5-3-11-26-17)19(24)21-12-15-6-8-23(9-7-15)13-16-4-2-10-25-16/h2-5,10-11,15H,6-9,12-13H2,1H3,(H,21,24). The third kappa shape index (κ3) is 4.66. The first-order chi connectivity index (χ1) is 13.2. The van der Waals surface area contributed by atoms with Crippen LogP contribution in [0.1, 0.15) is 33.1 Å². The van der Waals surface area contributed by atoms with Gasteiger partial charge in [-0.05, 0) is 61.7 Å². The minimum Gasteiger partial charge on any atom is -0.351 e. The van der Waals surface area contributed by atoms with Crippen LogP contribution in [0.3, 0.4) is 0 Å². The summed E-state index contributed by atoms with van der Waals surface area (Å²) in [5, 5.41) is 8.27. The van der Waals surface area contributed by atoms with Crippen molar-refractivity contribution in [3.63, 3.8) is 0 Å². The molecule has 0 radical (unpaired) electrons. The van der Waals surface area contributed by atoms with Crippen molar-refractivity contribution in [1.82, 2.24) is 15.2 Å². The number of rotatable bonds is 6. The van der Waals surface area contributed by atoms with Crippen molar-refractivity contribution in [2.75, 3.05) is 19.6 Å². The number of hydrogen-bond acceptors (Lipinski definition) is 6. The summed E-state index contributed by atoms with van der Waals surface area (Å²) in [7, 11) is 0. The van der Waals surface area contributed by atoms with Gasteiger partial charge in [0.2, 0.25) is 0 Å². The van der Waals surface area contributed by atoms with Crippen LogP contribution in [0.2, 0.25) is 0 Å². The van der Waals surface area contributed by atoms with E-state index >= 15 is 0 Å². The van der Waals surface area contributed by atoms with Crippen LogP contribution >= 0.6 is 34.0 Å². The van der Waals surface area contributed by atoms with Gasteiger partial charge >= 0.3 is 0 Å². The minimum absolute atomic E-state index is 0.0221. The van der Waals surface area contributed by atoms with E-state index in [-0.39, 0.29) is 5.91 Å². The molecule has 1 amide bonds. The highest BCUT2D eigenvalue weighted by Crippen LogP contribution is 2.31. The fraction of sp³-hybridized carbons (Fsp3) is 0.400. The van der Waals surface area contributed by atoms with E-state index in [1.54, 1.807) is 11.3 Å². The molecule has 1 aliphatic heterocycles. The maximum absolute atomic E-state index is 12.6. The summed E-state index contributed by atoms with van der Waals surface area (Å²) in [6, 6.07) is 8.39. The van der Waals surface area contributed by atoms with E-state index in [1.807, 2.05) is 29.7 Å². The summed E-state index contributed by atoms with van der Waals surface area (Å²) in [6.45, 7) is 5.96. The van der Waals surface area contributed by atoms with Crippen molar-refractivity contribution in [2.24, 2.45) is 5.92 Å². The van der Waals surface area contributed by atoms with E-state index in [2.05, 4.69) is 38.8 Å². The van der Waals surface area contributed by atoms with Crippen molar-refractivity contribution in [1.29, 1.82) is 0 Å². The first-order valence-electron chi connectivity index (χ1n) is 9.23.